The van der Waals surface area contributed by atoms with Gasteiger partial charge in [-0.2, -0.15) is 0 Å². The maximum Gasteiger partial charge on any atom is 0.333 e. The lowest BCUT2D eigenvalue weighted by atomic mass is 10.0. The predicted octanol–water partition coefficient (Wildman–Crippen LogP) is -4.60. The van der Waals surface area contributed by atoms with E-state index in [4.69, 9.17) is 16.3 Å². The molecule has 1 saturated heterocycles. The summed E-state index contributed by atoms with van der Waals surface area (Å²) in [5.41, 5.74) is 4.10. The summed E-state index contributed by atoms with van der Waals surface area (Å²) in [5, 5.41) is 86.0. The normalized spacial score (nSPS) is 18.7. The number of amides is 2. The Morgan fingerprint density at radius 3 is 2.02 bits per heavy atom. The summed E-state index contributed by atoms with van der Waals surface area (Å²) in [7, 11) is 1.17. The number of Topliss-reactive ketones (excluding diaryl/α,β-unsaturated/α-hetero) is 1. The van der Waals surface area contributed by atoms with Crippen LogP contribution in [0.5, 0.6) is 5.75 Å². The van der Waals surface area contributed by atoms with Crippen LogP contribution in [-0.4, -0.2) is 109 Å². The number of carbonyl (C=O) groups is 3. The van der Waals surface area contributed by atoms with Crippen molar-refractivity contribution in [1.29, 1.82) is 0 Å². The summed E-state index contributed by atoms with van der Waals surface area (Å²) < 4.78 is 5.16. The van der Waals surface area contributed by atoms with Gasteiger partial charge in [0, 0.05) is 24.2 Å². The number of rotatable bonds is 6. The average Bonchev–Trinajstić information content (AvgIpc) is 3.36. The molecule has 1 fully saturated rings. The van der Waals surface area contributed by atoms with Crippen LogP contribution in [-0.2, 0) is 4.79 Å². The van der Waals surface area contributed by atoms with E-state index in [1.165, 1.54) is 31.5 Å². The number of nitrogens with two attached hydrogens (primary N) is 2. The van der Waals surface area contributed by atoms with Crippen LogP contribution in [0.3, 0.4) is 0 Å². The van der Waals surface area contributed by atoms with E-state index in [0.717, 1.165) is 35.7 Å². The quantitative estimate of drug-likeness (QED) is 0.0422. The van der Waals surface area contributed by atoms with E-state index in [2.05, 4.69) is 9.97 Å². The monoisotopic (exact) mass is 591 g/mol. The molecular formula is C23H25N7O12. The number of aromatic nitrogens is 2. The summed E-state index contributed by atoms with van der Waals surface area (Å²) in [6.45, 7) is 0. The van der Waals surface area contributed by atoms with E-state index < -0.39 is 62.2 Å². The second kappa shape index (κ2) is 9.99. The van der Waals surface area contributed by atoms with Gasteiger partial charge < -0.3 is 56.3 Å². The summed E-state index contributed by atoms with van der Waals surface area (Å²) >= 11 is 0. The van der Waals surface area contributed by atoms with Crippen molar-refractivity contribution >= 4 is 34.3 Å². The predicted molar refractivity (Wildman–Crippen MR) is 135 cm³/mol. The van der Waals surface area contributed by atoms with Crippen LogP contribution >= 0.6 is 0 Å². The largest absolute Gasteiger partial charge is 0.494 e. The molecule has 0 bridgehead atoms. The van der Waals surface area contributed by atoms with Crippen LogP contribution in [0.4, 0.5) is 5.82 Å². The number of hydrazine groups is 1. The molecule has 0 aliphatic carbocycles. The first-order chi connectivity index (χ1) is 19.5. The molecule has 0 unspecified atom stereocenters. The second-order valence-corrected chi connectivity index (χ2v) is 8.87. The topological polar surface area (TPSA) is 313 Å². The molecule has 19 nitrogen and oxygen atoms in total. The van der Waals surface area contributed by atoms with Crippen LogP contribution < -0.4 is 21.3 Å². The number of anilines is 1. The summed E-state index contributed by atoms with van der Waals surface area (Å²) in [6, 6.07) is 5.95. The number of ketones is 1. The van der Waals surface area contributed by atoms with E-state index in [1.807, 2.05) is 0 Å². The Labute approximate surface area is 233 Å². The first-order valence-electron chi connectivity index (χ1n) is 11.5. The molecule has 1 aromatic carbocycles. The minimum atomic E-state index is -4.69. The van der Waals surface area contributed by atoms with E-state index in [0.29, 0.717) is 0 Å². The van der Waals surface area contributed by atoms with Crippen molar-refractivity contribution in [1.82, 2.24) is 19.8 Å². The van der Waals surface area contributed by atoms with Crippen molar-refractivity contribution in [3.63, 3.8) is 0 Å². The van der Waals surface area contributed by atoms with Gasteiger partial charge in [-0.25, -0.2) is 20.6 Å². The number of piperazine rings is 1. The van der Waals surface area contributed by atoms with Gasteiger partial charge in [0.25, 0.3) is 11.7 Å². The molecule has 0 radical (unpaired) electrons. The molecule has 0 saturated carbocycles. The summed E-state index contributed by atoms with van der Waals surface area (Å²) in [5.74, 6) is -18.9. The van der Waals surface area contributed by atoms with E-state index in [1.54, 1.807) is 0 Å². The number of hydrogen-bond donors (Lipinski definition) is 11. The first kappa shape index (κ1) is 30.3. The van der Waals surface area contributed by atoms with Gasteiger partial charge >= 0.3 is 29.6 Å². The number of ether oxygens (including phenoxy) is 1. The number of nitrogens with one attached hydrogen (secondary N) is 1. The number of aromatic amines is 1. The van der Waals surface area contributed by atoms with Crippen molar-refractivity contribution in [2.75, 3.05) is 12.1 Å². The minimum Gasteiger partial charge on any atom is -0.494 e. The number of hydrogen-bond acceptors (Lipinski definition) is 16. The maximum atomic E-state index is 13.4. The second-order valence-electron chi connectivity index (χ2n) is 8.87. The molecule has 3 aromatic rings. The number of H-pyrrole nitrogens is 1. The van der Waals surface area contributed by atoms with Gasteiger partial charge in [-0.15, -0.1) is 0 Å². The smallest absolute Gasteiger partial charge is 0.333 e. The molecule has 3 heterocycles. The van der Waals surface area contributed by atoms with Crippen LogP contribution in [0.25, 0.3) is 10.9 Å². The molecule has 13 N–H and O–H groups in total. The molecule has 19 heteroatoms. The van der Waals surface area contributed by atoms with Gasteiger partial charge in [-0.1, -0.05) is 18.2 Å². The number of aliphatic hydroxyl groups is 8. The first-order valence-corrected chi connectivity index (χ1v) is 11.5. The Bertz CT molecular complexity index is 1560. The van der Waals surface area contributed by atoms with Crippen molar-refractivity contribution in [2.24, 2.45) is 11.6 Å². The number of pyridine rings is 1. The van der Waals surface area contributed by atoms with E-state index in [-0.39, 0.29) is 22.5 Å². The maximum absolute atomic E-state index is 13.4. The molecular weight excluding hydrogens is 566 g/mol. The highest BCUT2D eigenvalue weighted by Gasteiger charge is 2.80. The van der Waals surface area contributed by atoms with Crippen LogP contribution in [0.2, 0.25) is 0 Å². The molecule has 224 valence electrons. The van der Waals surface area contributed by atoms with Gasteiger partial charge in [-0.05, 0) is 12.1 Å². The van der Waals surface area contributed by atoms with Crippen molar-refractivity contribution in [3.05, 3.63) is 66.3 Å². The highest BCUT2D eigenvalue weighted by Crippen LogP contribution is 2.45. The Balaban J connectivity index is 1.85. The number of fused-ring (bicyclic) bond motifs is 1. The van der Waals surface area contributed by atoms with E-state index in [9.17, 15) is 55.2 Å². The summed E-state index contributed by atoms with van der Waals surface area (Å²) in [4.78, 5) is 44.3. The summed E-state index contributed by atoms with van der Waals surface area (Å²) in [6.07, 6.45) is 4.18. The van der Waals surface area contributed by atoms with Crippen LogP contribution in [0, 0.1) is 0 Å². The number of methoxy groups -OCH3 is 1. The zero-order valence-electron chi connectivity index (χ0n) is 21.4. The standard InChI is InChI=1S/C23H25N7O12/c1-42-13-10-27-17(28(25)8-7-24)15-14(13)12(9-26-15)16(31)19(33)30-22(38,39)20(34,35)29(21(36,37)23(30,40)41)18(32)11-5-3-2-4-6-11/h2-10,26,34-41H,24-25H2,1H3/b8-7-. The lowest BCUT2D eigenvalue weighted by Crippen LogP contribution is -2.91. The van der Waals surface area contributed by atoms with Gasteiger partial charge in [0.1, 0.15) is 5.75 Å². The highest BCUT2D eigenvalue weighted by molar-refractivity contribution is 6.45. The molecule has 1 aliphatic heterocycles. The van der Waals surface area contributed by atoms with Gasteiger partial charge in [0.05, 0.1) is 29.8 Å². The number of carbonyl (C=O) groups excluding carboxylic acids is 3. The Morgan fingerprint density at radius 2 is 1.50 bits per heavy atom. The number of nitrogens with zero attached hydrogens (tertiary/aromatic N) is 4. The minimum absolute atomic E-state index is 0.0415. The Kier molecular flexibility index (Phi) is 7.20. The molecule has 2 aromatic heterocycles. The molecule has 0 spiro atoms. The average molecular weight is 591 g/mol. The zero-order chi connectivity index (χ0) is 31.4. The lowest BCUT2D eigenvalue weighted by Gasteiger charge is -2.59. The van der Waals surface area contributed by atoms with Gasteiger partial charge in [0.2, 0.25) is 0 Å². The molecule has 2 amide bonds. The van der Waals surface area contributed by atoms with E-state index >= 15 is 0 Å². The van der Waals surface area contributed by atoms with Gasteiger partial charge in [-0.3, -0.25) is 19.4 Å². The fourth-order valence-electron chi connectivity index (χ4n) is 4.33. The third-order valence-electron chi connectivity index (χ3n) is 6.38. The molecule has 0 atom stereocenters. The third-order valence-corrected chi connectivity index (χ3v) is 6.38. The highest BCUT2D eigenvalue weighted by atomic mass is 16.7. The molecule has 4 rings (SSSR count). The Hall–Kier alpha value is -4.70. The van der Waals surface area contributed by atoms with Crippen LogP contribution in [0.1, 0.15) is 20.7 Å². The molecule has 1 aliphatic rings. The van der Waals surface area contributed by atoms with Crippen molar-refractivity contribution in [2.45, 2.75) is 23.6 Å². The van der Waals surface area contributed by atoms with Crippen LogP contribution in [0.15, 0.2) is 55.1 Å². The fourth-order valence-corrected chi connectivity index (χ4v) is 4.33. The van der Waals surface area contributed by atoms with Crippen molar-refractivity contribution < 1.29 is 60.0 Å². The zero-order valence-corrected chi connectivity index (χ0v) is 21.4. The van der Waals surface area contributed by atoms with Crippen molar-refractivity contribution in [3.8, 4) is 5.75 Å². The molecule has 42 heavy (non-hydrogen) atoms. The third kappa shape index (κ3) is 4.13. The lowest BCUT2D eigenvalue weighted by molar-refractivity contribution is -0.588. The Morgan fingerprint density at radius 1 is 0.952 bits per heavy atom. The number of benzene rings is 1. The SMILES string of the molecule is COc1cnc(N(N)/C=C\N)c2[nH]cc(C(=O)C(=O)N3C(O)(O)C(O)(O)N(C(=O)c4ccccc4)C(O)(O)C3(O)O)c12. The fraction of sp³-hybridized carbons (Fsp3) is 0.217. The van der Waals surface area contributed by atoms with Gasteiger partial charge in [0.15, 0.2) is 5.82 Å².